The molecule has 1 aromatic carbocycles. The van der Waals surface area contributed by atoms with E-state index in [1.807, 2.05) is 31.3 Å². The molecule has 1 saturated heterocycles. The summed E-state index contributed by atoms with van der Waals surface area (Å²) in [6.07, 6.45) is 1.84. The normalized spacial score (nSPS) is 15.5. The summed E-state index contributed by atoms with van der Waals surface area (Å²) >= 11 is 1.71. The summed E-state index contributed by atoms with van der Waals surface area (Å²) in [5.41, 5.74) is 4.91. The molecule has 0 amide bonds. The van der Waals surface area contributed by atoms with Crippen molar-refractivity contribution in [2.24, 2.45) is 0 Å². The summed E-state index contributed by atoms with van der Waals surface area (Å²) in [4.78, 5) is 26.8. The van der Waals surface area contributed by atoms with E-state index in [1.165, 1.54) is 5.56 Å². The van der Waals surface area contributed by atoms with Gasteiger partial charge in [0.25, 0.3) is 5.56 Å². The molecule has 31 heavy (non-hydrogen) atoms. The number of hydrogen-bond donors (Lipinski definition) is 0. The van der Waals surface area contributed by atoms with Crippen LogP contribution in [0.4, 0.5) is 0 Å². The van der Waals surface area contributed by atoms with Crippen LogP contribution < -0.4 is 5.56 Å². The highest BCUT2D eigenvalue weighted by Gasteiger charge is 2.19. The molecule has 1 aliphatic rings. The van der Waals surface area contributed by atoms with Gasteiger partial charge in [-0.1, -0.05) is 36.4 Å². The topological polar surface area (TPSA) is 53.7 Å². The molecule has 0 saturated carbocycles. The van der Waals surface area contributed by atoms with Crippen molar-refractivity contribution in [1.82, 2.24) is 24.2 Å². The highest BCUT2D eigenvalue weighted by Crippen LogP contribution is 2.24. The first-order chi connectivity index (χ1) is 15.1. The molecular formula is C24H25N5OS. The number of rotatable bonds is 5. The average Bonchev–Trinajstić information content (AvgIpc) is 3.25. The van der Waals surface area contributed by atoms with Crippen LogP contribution in [0, 0.1) is 6.92 Å². The smallest absolute Gasteiger partial charge is 0.258 e. The van der Waals surface area contributed by atoms with Gasteiger partial charge in [0.15, 0.2) is 0 Å². The summed E-state index contributed by atoms with van der Waals surface area (Å²) in [6, 6.07) is 15.9. The lowest BCUT2D eigenvalue weighted by Gasteiger charge is -2.34. The van der Waals surface area contributed by atoms with Gasteiger partial charge in [0.05, 0.1) is 11.4 Å². The Morgan fingerprint density at radius 3 is 2.35 bits per heavy atom. The van der Waals surface area contributed by atoms with E-state index >= 15 is 0 Å². The van der Waals surface area contributed by atoms with Gasteiger partial charge in [-0.2, -0.15) is 0 Å². The van der Waals surface area contributed by atoms with Gasteiger partial charge in [-0.15, -0.1) is 11.3 Å². The van der Waals surface area contributed by atoms with Gasteiger partial charge < -0.3 is 0 Å². The molecule has 0 aliphatic carbocycles. The van der Waals surface area contributed by atoms with Crippen molar-refractivity contribution in [3.63, 3.8) is 0 Å². The molecule has 0 unspecified atom stereocenters. The minimum Gasteiger partial charge on any atom is -0.295 e. The van der Waals surface area contributed by atoms with Gasteiger partial charge in [0.1, 0.15) is 10.7 Å². The number of piperazine rings is 1. The second-order valence-electron chi connectivity index (χ2n) is 8.08. The minimum absolute atomic E-state index is 0.0138. The second-order valence-corrected chi connectivity index (χ2v) is 8.94. The van der Waals surface area contributed by atoms with E-state index < -0.39 is 0 Å². The summed E-state index contributed by atoms with van der Waals surface area (Å²) in [7, 11) is 0. The fourth-order valence-electron chi connectivity index (χ4n) is 4.00. The van der Waals surface area contributed by atoms with Crippen LogP contribution in [0.5, 0.6) is 0 Å². The van der Waals surface area contributed by atoms with Crippen LogP contribution in [-0.4, -0.2) is 50.3 Å². The maximum atomic E-state index is 12.4. The van der Waals surface area contributed by atoms with Crippen molar-refractivity contribution >= 4 is 17.0 Å². The molecule has 5 rings (SSSR count). The number of pyridine rings is 1. The number of thiazole rings is 1. The Kier molecular flexibility index (Phi) is 5.63. The SMILES string of the molecule is Cc1ccc2nc(CN3CCN(Cc4csc(-c5ccccc5)n4)CC3)cc(=O)n2c1. The zero-order chi connectivity index (χ0) is 21.2. The van der Waals surface area contributed by atoms with Crippen molar-refractivity contribution in [2.75, 3.05) is 26.2 Å². The van der Waals surface area contributed by atoms with Crippen LogP contribution in [-0.2, 0) is 13.1 Å². The molecule has 0 N–H and O–H groups in total. The molecule has 4 aromatic rings. The van der Waals surface area contributed by atoms with Gasteiger partial charge in [-0.05, 0) is 18.6 Å². The lowest BCUT2D eigenvalue weighted by Crippen LogP contribution is -2.45. The number of nitrogens with zero attached hydrogens (tertiary/aromatic N) is 5. The Balaban J connectivity index is 1.19. The predicted octanol–water partition coefficient (Wildman–Crippen LogP) is 3.44. The number of aromatic nitrogens is 3. The fraction of sp³-hybridized carbons (Fsp3) is 0.292. The van der Waals surface area contributed by atoms with Crippen LogP contribution in [0.3, 0.4) is 0 Å². The van der Waals surface area contributed by atoms with Gasteiger partial charge in [-0.3, -0.25) is 19.0 Å². The van der Waals surface area contributed by atoms with Gasteiger partial charge in [0, 0.05) is 62.5 Å². The molecule has 3 aromatic heterocycles. The Labute approximate surface area is 185 Å². The fourth-order valence-corrected chi connectivity index (χ4v) is 4.81. The molecule has 4 heterocycles. The first kappa shape index (κ1) is 20.1. The van der Waals surface area contributed by atoms with Crippen LogP contribution >= 0.6 is 11.3 Å². The Morgan fingerprint density at radius 2 is 1.61 bits per heavy atom. The third-order valence-corrected chi connectivity index (χ3v) is 6.61. The van der Waals surface area contributed by atoms with Gasteiger partial charge in [-0.25, -0.2) is 9.97 Å². The summed E-state index contributed by atoms with van der Waals surface area (Å²) in [5, 5.41) is 3.25. The first-order valence-electron chi connectivity index (χ1n) is 10.6. The van der Waals surface area contributed by atoms with Crippen molar-refractivity contribution in [3.05, 3.63) is 87.4 Å². The average molecular weight is 432 g/mol. The Morgan fingerprint density at radius 1 is 0.903 bits per heavy atom. The standard InChI is InChI=1S/C24H25N5OS/c1-18-7-8-22-25-20(13-23(30)29(22)14-18)15-27-9-11-28(12-10-27)16-21-17-31-24(26-21)19-5-3-2-4-6-19/h2-8,13-14,17H,9-12,15-16H2,1H3. The van der Waals surface area contributed by atoms with Crippen LogP contribution in [0.15, 0.2) is 64.9 Å². The van der Waals surface area contributed by atoms with Crippen molar-refractivity contribution in [3.8, 4) is 10.6 Å². The third-order valence-electron chi connectivity index (χ3n) is 5.67. The van der Waals surface area contributed by atoms with Crippen LogP contribution in [0.1, 0.15) is 17.0 Å². The molecule has 1 aliphatic heterocycles. The summed E-state index contributed by atoms with van der Waals surface area (Å²) in [5.74, 6) is 0. The van der Waals surface area contributed by atoms with E-state index in [9.17, 15) is 4.79 Å². The van der Waals surface area contributed by atoms with E-state index in [-0.39, 0.29) is 5.56 Å². The zero-order valence-corrected chi connectivity index (χ0v) is 18.4. The molecular weight excluding hydrogens is 406 g/mol. The number of aryl methyl sites for hydroxylation is 1. The minimum atomic E-state index is -0.0138. The zero-order valence-electron chi connectivity index (χ0n) is 17.6. The van der Waals surface area contributed by atoms with Crippen molar-refractivity contribution in [2.45, 2.75) is 20.0 Å². The molecule has 7 heteroatoms. The van der Waals surface area contributed by atoms with E-state index in [0.29, 0.717) is 12.2 Å². The van der Waals surface area contributed by atoms with Gasteiger partial charge in [0.2, 0.25) is 0 Å². The van der Waals surface area contributed by atoms with Gasteiger partial charge >= 0.3 is 0 Å². The summed E-state index contributed by atoms with van der Waals surface area (Å²) < 4.78 is 1.62. The lowest BCUT2D eigenvalue weighted by atomic mass is 10.2. The Bertz CT molecular complexity index is 1240. The number of fused-ring (bicyclic) bond motifs is 1. The molecule has 0 bridgehead atoms. The van der Waals surface area contributed by atoms with E-state index in [1.54, 1.807) is 21.8 Å². The highest BCUT2D eigenvalue weighted by molar-refractivity contribution is 7.13. The number of hydrogen-bond acceptors (Lipinski definition) is 6. The number of benzene rings is 1. The molecule has 158 valence electrons. The van der Waals surface area contributed by atoms with Crippen molar-refractivity contribution < 1.29 is 0 Å². The lowest BCUT2D eigenvalue weighted by molar-refractivity contribution is 0.120. The largest absolute Gasteiger partial charge is 0.295 e. The maximum Gasteiger partial charge on any atom is 0.258 e. The molecule has 6 nitrogen and oxygen atoms in total. The van der Waals surface area contributed by atoms with Crippen LogP contribution in [0.25, 0.3) is 16.2 Å². The van der Waals surface area contributed by atoms with Crippen molar-refractivity contribution in [1.29, 1.82) is 0 Å². The highest BCUT2D eigenvalue weighted by atomic mass is 32.1. The summed E-state index contributed by atoms with van der Waals surface area (Å²) in [6.45, 7) is 7.48. The Hall–Kier alpha value is -2.87. The molecule has 0 spiro atoms. The van der Waals surface area contributed by atoms with E-state index in [0.717, 1.165) is 54.7 Å². The van der Waals surface area contributed by atoms with E-state index in [2.05, 4.69) is 44.4 Å². The van der Waals surface area contributed by atoms with Crippen LogP contribution in [0.2, 0.25) is 0 Å². The predicted molar refractivity (Wildman–Crippen MR) is 124 cm³/mol. The monoisotopic (exact) mass is 431 g/mol. The molecule has 1 fully saturated rings. The molecule has 0 atom stereocenters. The maximum absolute atomic E-state index is 12.4. The first-order valence-corrected chi connectivity index (χ1v) is 11.5. The molecule has 0 radical (unpaired) electrons. The third kappa shape index (κ3) is 4.58. The van der Waals surface area contributed by atoms with E-state index in [4.69, 9.17) is 4.98 Å². The quantitative estimate of drug-likeness (QED) is 0.485. The second kappa shape index (κ2) is 8.70.